The van der Waals surface area contributed by atoms with Gasteiger partial charge in [0.15, 0.2) is 17.3 Å². The summed E-state index contributed by atoms with van der Waals surface area (Å²) in [5.41, 5.74) is 1.28. The topological polar surface area (TPSA) is 103 Å². The van der Waals surface area contributed by atoms with Gasteiger partial charge in [-0.3, -0.25) is 14.3 Å². The van der Waals surface area contributed by atoms with Crippen LogP contribution >= 0.6 is 12.6 Å². The van der Waals surface area contributed by atoms with E-state index < -0.39 is 23.6 Å². The van der Waals surface area contributed by atoms with E-state index in [0.717, 1.165) is 11.6 Å². The lowest BCUT2D eigenvalue weighted by Gasteiger charge is -2.34. The normalized spacial score (nSPS) is 21.1. The number of benzene rings is 1. The summed E-state index contributed by atoms with van der Waals surface area (Å²) < 4.78 is 30.1. The van der Waals surface area contributed by atoms with Gasteiger partial charge in [-0.25, -0.2) is 23.4 Å². The van der Waals surface area contributed by atoms with Crippen LogP contribution in [0.1, 0.15) is 43.2 Å². The first-order valence-electron chi connectivity index (χ1n) is 12.8. The summed E-state index contributed by atoms with van der Waals surface area (Å²) in [6.07, 6.45) is 3.52. The zero-order chi connectivity index (χ0) is 26.8. The number of pyridine rings is 1. The van der Waals surface area contributed by atoms with Crippen molar-refractivity contribution in [2.24, 2.45) is 0 Å². The molecule has 2 aromatic heterocycles. The number of aromatic amines is 1. The SMILES string of the molecule is O=C(NC1CCC(c2cccc(F)c2F)CN(CCS)C1=O)N1CCC(n2c(=O)[nH]c3ncccc32)CC1. The lowest BCUT2D eigenvalue weighted by atomic mass is 9.93. The second-order valence-electron chi connectivity index (χ2n) is 9.82. The van der Waals surface area contributed by atoms with E-state index in [0.29, 0.717) is 56.7 Å². The molecule has 3 aromatic rings. The van der Waals surface area contributed by atoms with Crippen LogP contribution in [0, 0.1) is 11.6 Å². The Morgan fingerprint density at radius 2 is 1.89 bits per heavy atom. The number of imidazole rings is 1. The highest BCUT2D eigenvalue weighted by atomic mass is 32.1. The van der Waals surface area contributed by atoms with Crippen LogP contribution in [0.4, 0.5) is 13.6 Å². The third kappa shape index (κ3) is 5.13. The number of carbonyl (C=O) groups is 2. The standard InChI is InChI=1S/C26H30F2N6O3S/c27-19-4-1-3-18(22(19)28)16-6-7-20(24(35)33(15-16)13-14-38)30-25(36)32-11-8-17(9-12-32)34-21-5-2-10-29-23(21)31-26(34)37/h1-5,10,16-17,20,38H,6-9,11-15H2,(H,30,36)(H,29,31,37). The van der Waals surface area contributed by atoms with E-state index in [9.17, 15) is 23.2 Å². The summed E-state index contributed by atoms with van der Waals surface area (Å²) in [6, 6.07) is 6.51. The molecular weight excluding hydrogens is 514 g/mol. The van der Waals surface area contributed by atoms with Crippen LogP contribution in [-0.4, -0.2) is 74.2 Å². The molecule has 0 radical (unpaired) electrons. The lowest BCUT2D eigenvalue weighted by molar-refractivity contribution is -0.132. The molecule has 2 fully saturated rings. The summed E-state index contributed by atoms with van der Waals surface area (Å²) in [5.74, 6) is -2.05. The number of fused-ring (bicyclic) bond motifs is 1. The number of piperidine rings is 1. The van der Waals surface area contributed by atoms with Gasteiger partial charge in [-0.05, 0) is 49.4 Å². The number of amides is 3. The number of halogens is 2. The fraction of sp³-hybridized carbons (Fsp3) is 0.462. The summed E-state index contributed by atoms with van der Waals surface area (Å²) in [7, 11) is 0. The van der Waals surface area contributed by atoms with Gasteiger partial charge in [0.25, 0.3) is 0 Å². The minimum Gasteiger partial charge on any atom is -0.339 e. The molecule has 38 heavy (non-hydrogen) atoms. The number of nitrogens with one attached hydrogen (secondary N) is 2. The van der Waals surface area contributed by atoms with E-state index in [2.05, 4.69) is 27.9 Å². The number of carbonyl (C=O) groups excluding carboxylic acids is 2. The van der Waals surface area contributed by atoms with Gasteiger partial charge in [-0.15, -0.1) is 0 Å². The molecule has 0 aliphatic carbocycles. The minimum atomic E-state index is -0.918. The smallest absolute Gasteiger partial charge is 0.327 e. The van der Waals surface area contributed by atoms with E-state index in [1.165, 1.54) is 6.07 Å². The largest absolute Gasteiger partial charge is 0.339 e. The summed E-state index contributed by atoms with van der Waals surface area (Å²) in [6.45, 7) is 1.41. The maximum absolute atomic E-state index is 14.5. The molecule has 2 aliphatic heterocycles. The summed E-state index contributed by atoms with van der Waals surface area (Å²) >= 11 is 4.25. The molecule has 2 aliphatic rings. The van der Waals surface area contributed by atoms with Gasteiger partial charge in [0.05, 0.1) is 5.52 Å². The fourth-order valence-corrected chi connectivity index (χ4v) is 5.83. The zero-order valence-corrected chi connectivity index (χ0v) is 21.7. The number of likely N-dealkylation sites (tertiary alicyclic amines) is 2. The van der Waals surface area contributed by atoms with E-state index in [1.807, 2.05) is 6.07 Å². The van der Waals surface area contributed by atoms with Crippen LogP contribution in [0.2, 0.25) is 0 Å². The Morgan fingerprint density at radius 3 is 2.66 bits per heavy atom. The molecule has 1 aromatic carbocycles. The van der Waals surface area contributed by atoms with Crippen molar-refractivity contribution in [3.63, 3.8) is 0 Å². The number of thiol groups is 1. The highest BCUT2D eigenvalue weighted by Crippen LogP contribution is 2.30. The van der Waals surface area contributed by atoms with Gasteiger partial charge < -0.3 is 15.1 Å². The predicted octanol–water partition coefficient (Wildman–Crippen LogP) is 3.05. The number of aromatic nitrogens is 3. The monoisotopic (exact) mass is 544 g/mol. The number of rotatable bonds is 5. The molecule has 0 saturated carbocycles. The van der Waals surface area contributed by atoms with Crippen molar-refractivity contribution in [1.29, 1.82) is 0 Å². The van der Waals surface area contributed by atoms with Gasteiger partial charge in [0.1, 0.15) is 6.04 Å². The highest BCUT2D eigenvalue weighted by Gasteiger charge is 2.35. The van der Waals surface area contributed by atoms with Crippen LogP contribution < -0.4 is 11.0 Å². The number of nitrogens with zero attached hydrogens (tertiary/aromatic N) is 4. The van der Waals surface area contributed by atoms with Crippen molar-refractivity contribution in [1.82, 2.24) is 29.7 Å². The van der Waals surface area contributed by atoms with Crippen molar-refractivity contribution in [2.45, 2.75) is 43.7 Å². The lowest BCUT2D eigenvalue weighted by Crippen LogP contribution is -2.53. The highest BCUT2D eigenvalue weighted by molar-refractivity contribution is 7.80. The second-order valence-corrected chi connectivity index (χ2v) is 10.3. The van der Waals surface area contributed by atoms with Gasteiger partial charge >= 0.3 is 11.7 Å². The van der Waals surface area contributed by atoms with Crippen molar-refractivity contribution >= 4 is 35.7 Å². The third-order valence-electron chi connectivity index (χ3n) is 7.55. The van der Waals surface area contributed by atoms with Crippen molar-refractivity contribution in [2.75, 3.05) is 31.9 Å². The Balaban J connectivity index is 1.25. The predicted molar refractivity (Wildman–Crippen MR) is 141 cm³/mol. The van der Waals surface area contributed by atoms with Crippen LogP contribution in [0.5, 0.6) is 0 Å². The van der Waals surface area contributed by atoms with E-state index in [-0.39, 0.29) is 35.8 Å². The molecular formula is C26H30F2N6O3S. The molecule has 5 rings (SSSR count). The molecule has 9 nitrogen and oxygen atoms in total. The molecule has 2 N–H and O–H groups in total. The van der Waals surface area contributed by atoms with E-state index >= 15 is 0 Å². The molecule has 3 amide bonds. The average Bonchev–Trinajstić information content (AvgIpc) is 3.18. The first-order valence-corrected chi connectivity index (χ1v) is 13.4. The Morgan fingerprint density at radius 1 is 1.11 bits per heavy atom. The van der Waals surface area contributed by atoms with Crippen LogP contribution in [-0.2, 0) is 4.79 Å². The second kappa shape index (κ2) is 11.1. The number of H-pyrrole nitrogens is 1. The summed E-state index contributed by atoms with van der Waals surface area (Å²) in [5, 5.41) is 2.87. The minimum absolute atomic E-state index is 0.0724. The van der Waals surface area contributed by atoms with Gasteiger partial charge in [-0.1, -0.05) is 12.1 Å². The molecule has 2 unspecified atom stereocenters. The van der Waals surface area contributed by atoms with Crippen LogP contribution in [0.15, 0.2) is 41.3 Å². The van der Waals surface area contributed by atoms with Gasteiger partial charge in [-0.2, -0.15) is 12.6 Å². The van der Waals surface area contributed by atoms with E-state index in [1.54, 1.807) is 32.7 Å². The molecule has 0 spiro atoms. The molecule has 4 heterocycles. The Kier molecular flexibility index (Phi) is 7.68. The number of urea groups is 1. The van der Waals surface area contributed by atoms with Crippen LogP contribution in [0.3, 0.4) is 0 Å². The molecule has 2 saturated heterocycles. The van der Waals surface area contributed by atoms with Gasteiger partial charge in [0.2, 0.25) is 5.91 Å². The zero-order valence-electron chi connectivity index (χ0n) is 20.8. The van der Waals surface area contributed by atoms with Crippen molar-refractivity contribution in [3.8, 4) is 0 Å². The molecule has 202 valence electrons. The Hall–Kier alpha value is -3.41. The summed E-state index contributed by atoms with van der Waals surface area (Å²) in [4.78, 5) is 49.2. The molecule has 2 atom stereocenters. The Bertz CT molecular complexity index is 1390. The maximum Gasteiger partial charge on any atom is 0.327 e. The molecule has 0 bridgehead atoms. The quantitative estimate of drug-likeness (QED) is 0.430. The Labute approximate surface area is 223 Å². The van der Waals surface area contributed by atoms with E-state index in [4.69, 9.17) is 0 Å². The average molecular weight is 545 g/mol. The van der Waals surface area contributed by atoms with Gasteiger partial charge in [0, 0.05) is 50.1 Å². The van der Waals surface area contributed by atoms with Crippen molar-refractivity contribution < 1.29 is 18.4 Å². The maximum atomic E-state index is 14.5. The van der Waals surface area contributed by atoms with Crippen LogP contribution in [0.25, 0.3) is 11.2 Å². The van der Waals surface area contributed by atoms with Crippen molar-refractivity contribution in [3.05, 3.63) is 64.2 Å². The third-order valence-corrected chi connectivity index (χ3v) is 7.75. The first-order chi connectivity index (χ1) is 18.4. The fourth-order valence-electron chi connectivity index (χ4n) is 5.59. The molecule has 12 heteroatoms. The number of hydrogen-bond acceptors (Lipinski definition) is 5. The first kappa shape index (κ1) is 26.2. The number of hydrogen-bond donors (Lipinski definition) is 3.